The molecule has 0 aliphatic heterocycles. The van der Waals surface area contributed by atoms with Gasteiger partial charge in [-0.25, -0.2) is 0 Å². The molecule has 0 saturated heterocycles. The summed E-state index contributed by atoms with van der Waals surface area (Å²) in [4.78, 5) is 0. The van der Waals surface area contributed by atoms with E-state index < -0.39 is 25.0 Å². The SMILES string of the molecule is C#CC[C@@H](C[C@H](C[C@@H](C)O[Si](C)(C)C(C)(C)C)O[Si](CC)(CC)CC)O[Si](C)(C)C(C)(C)C. The first-order chi connectivity index (χ1) is 14.8. The fraction of sp³-hybridized carbons (Fsp3) is 0.926. The molecule has 6 heteroatoms. The predicted octanol–water partition coefficient (Wildman–Crippen LogP) is 8.98. The number of hydrogen-bond acceptors (Lipinski definition) is 3. The van der Waals surface area contributed by atoms with Crippen molar-refractivity contribution in [2.45, 2.75) is 161 Å². The van der Waals surface area contributed by atoms with E-state index in [0.717, 1.165) is 31.0 Å². The van der Waals surface area contributed by atoms with Crippen LogP contribution in [0.2, 0.25) is 54.4 Å². The van der Waals surface area contributed by atoms with Gasteiger partial charge in [-0.3, -0.25) is 0 Å². The van der Waals surface area contributed by atoms with Crippen LogP contribution in [0.3, 0.4) is 0 Å². The van der Waals surface area contributed by atoms with Crippen LogP contribution in [0.15, 0.2) is 0 Å². The Morgan fingerprint density at radius 3 is 1.48 bits per heavy atom. The molecule has 0 fully saturated rings. The zero-order chi connectivity index (χ0) is 26.3. The molecule has 0 spiro atoms. The second-order valence-corrected chi connectivity index (χ2v) is 27.3. The zero-order valence-corrected chi connectivity index (χ0v) is 27.8. The smallest absolute Gasteiger partial charge is 0.192 e. The molecule has 0 radical (unpaired) electrons. The van der Waals surface area contributed by atoms with Crippen molar-refractivity contribution < 1.29 is 13.3 Å². The van der Waals surface area contributed by atoms with E-state index in [2.05, 4.69) is 101 Å². The lowest BCUT2D eigenvalue weighted by molar-refractivity contribution is 0.0607. The number of rotatable bonds is 14. The lowest BCUT2D eigenvalue weighted by Crippen LogP contribution is -2.47. The molecule has 0 unspecified atom stereocenters. The minimum absolute atomic E-state index is 0.0400. The minimum Gasteiger partial charge on any atom is -0.414 e. The summed E-state index contributed by atoms with van der Waals surface area (Å²) in [6.07, 6.45) is 8.53. The highest BCUT2D eigenvalue weighted by Gasteiger charge is 2.42. The van der Waals surface area contributed by atoms with Gasteiger partial charge < -0.3 is 13.3 Å². The number of terminal acetylenes is 1. The summed E-state index contributed by atoms with van der Waals surface area (Å²) in [6, 6.07) is 3.45. The fourth-order valence-corrected chi connectivity index (χ4v) is 9.56. The molecule has 3 nitrogen and oxygen atoms in total. The van der Waals surface area contributed by atoms with Gasteiger partial charge in [0.05, 0.1) is 6.10 Å². The van der Waals surface area contributed by atoms with E-state index in [4.69, 9.17) is 19.7 Å². The minimum atomic E-state index is -1.92. The van der Waals surface area contributed by atoms with Crippen molar-refractivity contribution in [2.24, 2.45) is 0 Å². The molecule has 33 heavy (non-hydrogen) atoms. The maximum atomic E-state index is 7.07. The summed E-state index contributed by atoms with van der Waals surface area (Å²) in [7, 11) is -5.53. The molecule has 0 saturated carbocycles. The molecule has 0 aliphatic carbocycles. The van der Waals surface area contributed by atoms with Gasteiger partial charge in [-0.2, -0.15) is 0 Å². The Bertz CT molecular complexity index is 599. The third-order valence-electron chi connectivity index (χ3n) is 8.39. The second-order valence-electron chi connectivity index (χ2n) is 13.1. The van der Waals surface area contributed by atoms with Gasteiger partial charge in [0.25, 0.3) is 0 Å². The first-order valence-electron chi connectivity index (χ1n) is 13.3. The van der Waals surface area contributed by atoms with E-state index >= 15 is 0 Å². The van der Waals surface area contributed by atoms with Gasteiger partial charge in [-0.15, -0.1) is 12.3 Å². The van der Waals surface area contributed by atoms with Gasteiger partial charge in [0.2, 0.25) is 0 Å². The van der Waals surface area contributed by atoms with Gasteiger partial charge >= 0.3 is 0 Å². The van der Waals surface area contributed by atoms with E-state index in [-0.39, 0.29) is 28.4 Å². The highest BCUT2D eigenvalue weighted by molar-refractivity contribution is 6.74. The van der Waals surface area contributed by atoms with Crippen LogP contribution in [-0.2, 0) is 13.3 Å². The Balaban J connectivity index is 5.83. The molecular weight excluding hydrogens is 457 g/mol. The van der Waals surface area contributed by atoms with Gasteiger partial charge in [-0.1, -0.05) is 62.3 Å². The average Bonchev–Trinajstić information content (AvgIpc) is 2.63. The van der Waals surface area contributed by atoms with E-state index in [9.17, 15) is 0 Å². The lowest BCUT2D eigenvalue weighted by atomic mass is 10.0. The predicted molar refractivity (Wildman–Crippen MR) is 155 cm³/mol. The van der Waals surface area contributed by atoms with Crippen LogP contribution in [0.4, 0.5) is 0 Å². The molecule has 0 rings (SSSR count). The average molecular weight is 515 g/mol. The largest absolute Gasteiger partial charge is 0.414 e. The quantitative estimate of drug-likeness (QED) is 0.171. The van der Waals surface area contributed by atoms with Crippen LogP contribution in [0.1, 0.15) is 88.5 Å². The van der Waals surface area contributed by atoms with E-state index in [1.54, 1.807) is 0 Å². The Labute approximate surface area is 211 Å². The maximum absolute atomic E-state index is 7.07. The van der Waals surface area contributed by atoms with Gasteiger partial charge in [-0.05, 0) is 74.2 Å². The molecule has 0 aromatic heterocycles. The number of hydrogen-bond donors (Lipinski definition) is 0. The van der Waals surface area contributed by atoms with Crippen molar-refractivity contribution in [3.8, 4) is 12.3 Å². The molecule has 0 aromatic carbocycles. The Morgan fingerprint density at radius 2 is 1.12 bits per heavy atom. The maximum Gasteiger partial charge on any atom is 0.192 e. The van der Waals surface area contributed by atoms with Gasteiger partial charge in [0, 0.05) is 18.6 Å². The van der Waals surface area contributed by atoms with Crippen molar-refractivity contribution in [1.82, 2.24) is 0 Å². The first-order valence-corrected chi connectivity index (χ1v) is 21.6. The standard InChI is InChI=1S/C27H58O3Si3/c1-16-20-24(29-32(14,15)27(9,10)11)22-25(30-33(17-2,18-3)19-4)21-23(5)28-31(12,13)26(6,7)8/h1,23-25H,17-22H2,2-15H3/t23-,24+,25+/m1/s1. The third-order valence-corrected chi connectivity index (χ3v) is 22.2. The molecule has 0 N–H and O–H groups in total. The van der Waals surface area contributed by atoms with Crippen LogP contribution >= 0.6 is 0 Å². The first kappa shape index (κ1) is 33.1. The molecule has 0 amide bonds. The summed E-state index contributed by atoms with van der Waals surface area (Å²) in [5.41, 5.74) is 0. The third kappa shape index (κ3) is 10.3. The molecule has 0 aromatic rings. The van der Waals surface area contributed by atoms with Crippen molar-refractivity contribution >= 4 is 25.0 Å². The monoisotopic (exact) mass is 514 g/mol. The van der Waals surface area contributed by atoms with Crippen molar-refractivity contribution in [1.29, 1.82) is 0 Å². The van der Waals surface area contributed by atoms with Crippen molar-refractivity contribution in [3.05, 3.63) is 0 Å². The lowest BCUT2D eigenvalue weighted by Gasteiger charge is -2.42. The summed E-state index contributed by atoms with van der Waals surface area (Å²) in [6.45, 7) is 32.2. The Kier molecular flexibility index (Phi) is 12.9. The van der Waals surface area contributed by atoms with Crippen LogP contribution in [0.5, 0.6) is 0 Å². The molecule has 3 atom stereocenters. The molecule has 196 valence electrons. The topological polar surface area (TPSA) is 27.7 Å². The summed E-state index contributed by atoms with van der Waals surface area (Å²) in [5, 5.41) is 0.355. The normalized spacial score (nSPS) is 16.9. The van der Waals surface area contributed by atoms with E-state index in [1.807, 2.05) is 0 Å². The summed E-state index contributed by atoms with van der Waals surface area (Å²) in [5.74, 6) is 2.89. The molecule has 0 bridgehead atoms. The van der Waals surface area contributed by atoms with Crippen molar-refractivity contribution in [3.63, 3.8) is 0 Å². The van der Waals surface area contributed by atoms with Crippen LogP contribution in [0, 0.1) is 12.3 Å². The van der Waals surface area contributed by atoms with Crippen LogP contribution in [0.25, 0.3) is 0 Å². The summed E-state index contributed by atoms with van der Waals surface area (Å²) < 4.78 is 20.6. The second kappa shape index (κ2) is 12.9. The summed E-state index contributed by atoms with van der Waals surface area (Å²) >= 11 is 0. The van der Waals surface area contributed by atoms with Gasteiger partial charge in [0.1, 0.15) is 0 Å². The van der Waals surface area contributed by atoms with Crippen LogP contribution in [-0.4, -0.2) is 43.3 Å². The zero-order valence-electron chi connectivity index (χ0n) is 24.8. The highest BCUT2D eigenvalue weighted by atomic mass is 28.4. The molecule has 0 heterocycles. The Morgan fingerprint density at radius 1 is 0.697 bits per heavy atom. The fourth-order valence-electron chi connectivity index (χ4n) is 3.84. The van der Waals surface area contributed by atoms with Gasteiger partial charge in [0.15, 0.2) is 25.0 Å². The van der Waals surface area contributed by atoms with E-state index in [1.165, 1.54) is 0 Å². The van der Waals surface area contributed by atoms with Crippen LogP contribution < -0.4 is 0 Å². The highest BCUT2D eigenvalue weighted by Crippen LogP contribution is 2.40. The Hall–Kier alpha value is 0.0906. The van der Waals surface area contributed by atoms with Crippen molar-refractivity contribution in [2.75, 3.05) is 0 Å². The molecular formula is C27H58O3Si3. The molecule has 0 aliphatic rings. The van der Waals surface area contributed by atoms with E-state index in [0.29, 0.717) is 6.42 Å².